The number of cyclic esters (lactones) is 1. The third kappa shape index (κ3) is 9.35. The van der Waals surface area contributed by atoms with Crippen LogP contribution in [-0.4, -0.2) is 39.5 Å². The second-order valence-electron chi connectivity index (χ2n) is 9.96. The average molecular weight is 691 g/mol. The normalized spacial score (nSPS) is 15.1. The van der Waals surface area contributed by atoms with Crippen molar-refractivity contribution in [2.45, 2.75) is 26.1 Å². The maximum absolute atomic E-state index is 14.1. The van der Waals surface area contributed by atoms with Gasteiger partial charge in [0.15, 0.2) is 0 Å². The summed E-state index contributed by atoms with van der Waals surface area (Å²) in [5.74, 6) is -10.5. The Bertz CT molecular complexity index is 1820. The quantitative estimate of drug-likeness (QED) is 0.0931. The number of carboxylic acids is 1. The molecule has 0 spiro atoms. The summed E-state index contributed by atoms with van der Waals surface area (Å²) in [7, 11) is 0. The number of esters is 1. The molecule has 1 atom stereocenters. The number of ether oxygens (including phenoxy) is 1. The van der Waals surface area contributed by atoms with E-state index in [1.807, 2.05) is 12.1 Å². The summed E-state index contributed by atoms with van der Waals surface area (Å²) >= 11 is 11.5. The first-order chi connectivity index (χ1) is 22.0. The second-order valence-corrected chi connectivity index (χ2v) is 10.8. The minimum Gasteiger partial charge on any atom is -0.475 e. The molecule has 4 aromatic carbocycles. The lowest BCUT2D eigenvalue weighted by atomic mass is 9.91. The highest BCUT2D eigenvalue weighted by Gasteiger charge is 2.45. The van der Waals surface area contributed by atoms with Gasteiger partial charge in [0, 0.05) is 29.0 Å². The summed E-state index contributed by atoms with van der Waals surface area (Å²) in [4.78, 5) is 43.6. The lowest BCUT2D eigenvalue weighted by Gasteiger charge is -2.20. The Labute approximate surface area is 275 Å². The highest BCUT2D eigenvalue weighted by atomic mass is 35.5. The molecule has 4 aromatic rings. The number of aliphatic carboxylic acids is 1. The van der Waals surface area contributed by atoms with Crippen LogP contribution in [0, 0.1) is 23.3 Å². The maximum atomic E-state index is 14.1. The van der Waals surface area contributed by atoms with Crippen LogP contribution in [-0.2, 0) is 25.5 Å². The van der Waals surface area contributed by atoms with E-state index in [-0.39, 0.29) is 16.9 Å². The number of hydrogen-bond donors (Lipinski definition) is 2. The molecule has 1 aliphatic heterocycles. The van der Waals surface area contributed by atoms with Crippen molar-refractivity contribution in [2.24, 2.45) is 0 Å². The van der Waals surface area contributed by atoms with Crippen molar-refractivity contribution in [2.75, 3.05) is 0 Å². The Kier molecular flexibility index (Phi) is 12.2. The number of carboxylic acid groups (broad SMARTS) is 1. The summed E-state index contributed by atoms with van der Waals surface area (Å²) in [6.45, 7) is 2.81. The predicted octanol–water partition coefficient (Wildman–Crippen LogP) is 7.50. The number of carbonyl (C=O) groups is 4. The molecule has 1 heterocycles. The van der Waals surface area contributed by atoms with Gasteiger partial charge in [-0.3, -0.25) is 9.59 Å². The van der Waals surface area contributed by atoms with Crippen molar-refractivity contribution < 1.29 is 51.7 Å². The van der Waals surface area contributed by atoms with Gasteiger partial charge < -0.3 is 14.9 Å². The molecule has 2 N–H and O–H groups in total. The molecule has 1 aliphatic rings. The largest absolute Gasteiger partial charge is 0.475 e. The molecular formula is C34H24Cl2F4O7. The van der Waals surface area contributed by atoms with E-state index in [0.29, 0.717) is 22.0 Å². The van der Waals surface area contributed by atoms with Crippen molar-refractivity contribution in [3.05, 3.63) is 140 Å². The third-order valence-corrected chi connectivity index (χ3v) is 6.81. The summed E-state index contributed by atoms with van der Waals surface area (Å²) in [5, 5.41) is 19.7. The molecule has 0 radical (unpaired) electrons. The van der Waals surface area contributed by atoms with Crippen molar-refractivity contribution in [1.29, 1.82) is 0 Å². The molecule has 5 rings (SSSR count). The van der Waals surface area contributed by atoms with Crippen molar-refractivity contribution in [3.63, 3.8) is 0 Å². The summed E-state index contributed by atoms with van der Waals surface area (Å²) in [6.07, 6.45) is 0.497. The smallest absolute Gasteiger partial charge is 0.377 e. The number of aliphatic hydroxyl groups is 1. The van der Waals surface area contributed by atoms with E-state index in [0.717, 1.165) is 35.9 Å². The van der Waals surface area contributed by atoms with Crippen LogP contribution >= 0.6 is 23.2 Å². The van der Waals surface area contributed by atoms with Gasteiger partial charge in [0.2, 0.25) is 5.79 Å². The fourth-order valence-electron chi connectivity index (χ4n) is 4.32. The van der Waals surface area contributed by atoms with Crippen LogP contribution in [0.5, 0.6) is 0 Å². The highest BCUT2D eigenvalue weighted by Crippen LogP contribution is 2.43. The van der Waals surface area contributed by atoms with E-state index in [1.54, 1.807) is 19.1 Å². The zero-order valence-corrected chi connectivity index (χ0v) is 26.0. The van der Waals surface area contributed by atoms with Crippen molar-refractivity contribution in [3.8, 4) is 0 Å². The van der Waals surface area contributed by atoms with Crippen molar-refractivity contribution in [1.82, 2.24) is 0 Å². The Hall–Kier alpha value is -4.84. The van der Waals surface area contributed by atoms with E-state index in [9.17, 15) is 41.8 Å². The first-order valence-electron chi connectivity index (χ1n) is 13.4. The Morgan fingerprint density at radius 2 is 1.21 bits per heavy atom. The molecular weight excluding hydrogens is 667 g/mol. The summed E-state index contributed by atoms with van der Waals surface area (Å²) < 4.78 is 58.6. The van der Waals surface area contributed by atoms with E-state index in [4.69, 9.17) is 33.0 Å². The van der Waals surface area contributed by atoms with E-state index in [2.05, 4.69) is 0 Å². The van der Waals surface area contributed by atoms with Crippen molar-refractivity contribution >= 4 is 57.9 Å². The number of hydrogen-bond acceptors (Lipinski definition) is 6. The fraction of sp³-hybridized carbons (Fsp3) is 0.118. The topological polar surface area (TPSA) is 118 Å². The van der Waals surface area contributed by atoms with Gasteiger partial charge in [-0.25, -0.2) is 27.2 Å². The standard InChI is InChI=1S/C17H11ClF2O3.C9H9ClO.C8H4F2O3/c1-17(22)15(9-5-7-10(18)8-6-9)14(16(21)23-17)13-11(19)3-2-4-12(13)20;1-7(11)6-8-2-4-9(10)5-3-8;9-4-2-1-3-5(10)6(4)7(11)8(12)13/h2-8,22H,1H3;2-5H,6H2,1H3;1-3H,(H,12,13). The van der Waals surface area contributed by atoms with Gasteiger partial charge in [0.25, 0.3) is 5.78 Å². The van der Waals surface area contributed by atoms with Crippen LogP contribution in [0.4, 0.5) is 17.6 Å². The SMILES string of the molecule is CC(=O)Cc1ccc(Cl)cc1.CC1(O)OC(=O)C(c2c(F)cccc2F)=C1c1ccc(Cl)cc1.O=C(O)C(=O)c1c(F)cccc1F. The predicted molar refractivity (Wildman–Crippen MR) is 166 cm³/mol. The zero-order valence-electron chi connectivity index (χ0n) is 24.5. The Balaban J connectivity index is 0.000000212. The number of Topliss-reactive ketones (excluding diaryl/α,β-unsaturated/α-hetero) is 2. The fourth-order valence-corrected chi connectivity index (χ4v) is 4.57. The first kappa shape index (κ1) is 36.6. The third-order valence-electron chi connectivity index (χ3n) is 6.31. The monoisotopic (exact) mass is 690 g/mol. The van der Waals surface area contributed by atoms with Crippen LogP contribution in [0.1, 0.15) is 40.9 Å². The Morgan fingerprint density at radius 3 is 1.66 bits per heavy atom. The van der Waals surface area contributed by atoms with E-state index in [1.165, 1.54) is 37.3 Å². The van der Waals surface area contributed by atoms with Gasteiger partial charge in [-0.15, -0.1) is 0 Å². The Morgan fingerprint density at radius 1 is 0.766 bits per heavy atom. The molecule has 13 heteroatoms. The molecule has 47 heavy (non-hydrogen) atoms. The van der Waals surface area contributed by atoms with E-state index >= 15 is 0 Å². The van der Waals surface area contributed by atoms with E-state index < -0.39 is 57.9 Å². The van der Waals surface area contributed by atoms with Crippen LogP contribution < -0.4 is 0 Å². The number of rotatable bonds is 6. The molecule has 0 amide bonds. The molecule has 7 nitrogen and oxygen atoms in total. The lowest BCUT2D eigenvalue weighted by Crippen LogP contribution is -2.26. The maximum Gasteiger partial charge on any atom is 0.377 e. The molecule has 1 unspecified atom stereocenters. The molecule has 0 aliphatic carbocycles. The number of benzene rings is 4. The first-order valence-corrected chi connectivity index (χ1v) is 14.1. The van der Waals surface area contributed by atoms with Crippen LogP contribution in [0.15, 0.2) is 84.9 Å². The molecule has 0 saturated heterocycles. The van der Waals surface area contributed by atoms with Gasteiger partial charge in [-0.1, -0.05) is 59.6 Å². The summed E-state index contributed by atoms with van der Waals surface area (Å²) in [6, 6.07) is 19.4. The molecule has 0 bridgehead atoms. The van der Waals surface area contributed by atoms with Crippen LogP contribution in [0.25, 0.3) is 11.1 Å². The van der Waals surface area contributed by atoms with Gasteiger partial charge >= 0.3 is 11.9 Å². The summed E-state index contributed by atoms with van der Waals surface area (Å²) in [5.41, 5.74) is -0.517. The number of ketones is 2. The number of halogens is 6. The zero-order chi connectivity index (χ0) is 35.1. The van der Waals surface area contributed by atoms with Gasteiger partial charge in [-0.2, -0.15) is 0 Å². The van der Waals surface area contributed by atoms with Gasteiger partial charge in [0.05, 0.1) is 11.1 Å². The average Bonchev–Trinajstić information content (AvgIpc) is 3.22. The lowest BCUT2D eigenvalue weighted by molar-refractivity contribution is -0.169. The van der Waals surface area contributed by atoms with Gasteiger partial charge in [0.1, 0.15) is 34.6 Å². The van der Waals surface area contributed by atoms with Crippen LogP contribution in [0.2, 0.25) is 10.0 Å². The second kappa shape index (κ2) is 15.6. The molecule has 0 fully saturated rings. The highest BCUT2D eigenvalue weighted by molar-refractivity contribution is 6.40. The number of carbonyl (C=O) groups excluding carboxylic acids is 3. The molecule has 0 saturated carbocycles. The minimum absolute atomic E-state index is 0.0110. The minimum atomic E-state index is -2.00. The van der Waals surface area contributed by atoms with Crippen LogP contribution in [0.3, 0.4) is 0 Å². The molecule has 244 valence electrons. The molecule has 0 aromatic heterocycles. The van der Waals surface area contributed by atoms with Gasteiger partial charge in [-0.05, 0) is 66.6 Å².